The lowest BCUT2D eigenvalue weighted by molar-refractivity contribution is -0.114. The summed E-state index contributed by atoms with van der Waals surface area (Å²) >= 11 is 0. The summed E-state index contributed by atoms with van der Waals surface area (Å²) in [4.78, 5) is 27.0. The van der Waals surface area contributed by atoms with Crippen LogP contribution in [-0.2, 0) is 4.79 Å². The monoisotopic (exact) mass is 519 g/mol. The molecule has 0 spiro atoms. The van der Waals surface area contributed by atoms with Crippen LogP contribution in [0.2, 0.25) is 0 Å². The molecule has 6 rings (SSSR count). The van der Waals surface area contributed by atoms with Crippen molar-refractivity contribution >= 4 is 17.4 Å². The molecule has 0 radical (unpaired) electrons. The number of nitrogens with zero attached hydrogens (tertiary/aromatic N) is 1. The van der Waals surface area contributed by atoms with Crippen LogP contribution in [0.3, 0.4) is 0 Å². The highest BCUT2D eigenvalue weighted by Gasteiger charge is 2.62. The Hall–Kier alpha value is -3.42. The van der Waals surface area contributed by atoms with E-state index in [1.807, 2.05) is 62.5 Å². The zero-order valence-corrected chi connectivity index (χ0v) is 23.2. The summed E-state index contributed by atoms with van der Waals surface area (Å²) < 4.78 is 0. The first-order valence-corrected chi connectivity index (χ1v) is 14.3. The SMILES string of the molecule is CC#C[C@]1(O)CC[C@H]2[C@@H]3CCC4=CC(=O)CCC4=C3[C@@H](c3ccc(N(C)C(=O)c4ccccc4)cc3)C[C@@]21C. The van der Waals surface area contributed by atoms with E-state index in [9.17, 15) is 14.7 Å². The van der Waals surface area contributed by atoms with Crippen LogP contribution in [0.25, 0.3) is 0 Å². The molecule has 2 saturated carbocycles. The molecule has 0 unspecified atom stereocenters. The van der Waals surface area contributed by atoms with Crippen LogP contribution in [0, 0.1) is 29.1 Å². The molecular formula is C35H37NO3. The molecule has 0 bridgehead atoms. The smallest absolute Gasteiger partial charge is 0.258 e. The molecular weight excluding hydrogens is 482 g/mol. The van der Waals surface area contributed by atoms with Crippen molar-refractivity contribution in [3.05, 3.63) is 88.5 Å². The predicted octanol–water partition coefficient (Wildman–Crippen LogP) is 6.62. The molecule has 1 N–H and O–H groups in total. The average molecular weight is 520 g/mol. The molecule has 5 atom stereocenters. The summed E-state index contributed by atoms with van der Waals surface area (Å²) in [5, 5.41) is 11.9. The number of fused-ring (bicyclic) bond motifs is 4. The van der Waals surface area contributed by atoms with Crippen molar-refractivity contribution < 1.29 is 14.7 Å². The summed E-state index contributed by atoms with van der Waals surface area (Å²) in [7, 11) is 1.82. The van der Waals surface area contributed by atoms with E-state index in [4.69, 9.17) is 0 Å². The van der Waals surface area contributed by atoms with Gasteiger partial charge in [0, 0.05) is 36.1 Å². The predicted molar refractivity (Wildman–Crippen MR) is 154 cm³/mol. The number of aliphatic hydroxyl groups is 1. The molecule has 0 heterocycles. The standard InChI is InChI=1S/C35H37NO3/c1-4-19-35(39)20-18-31-29-16-12-25-21-27(37)15-17-28(25)32(29)30(22-34(31,35)2)23-10-13-26(14-11-23)36(3)33(38)24-8-6-5-7-9-24/h5-11,13-14,21,29-31,39H,12,15-18,20,22H2,1-3H3/t29-,30+,31-,34-,35-/m0/s1. The van der Waals surface area contributed by atoms with E-state index in [0.29, 0.717) is 30.2 Å². The van der Waals surface area contributed by atoms with Gasteiger partial charge >= 0.3 is 0 Å². The Morgan fingerprint density at radius 1 is 1.03 bits per heavy atom. The van der Waals surface area contributed by atoms with Gasteiger partial charge in [-0.1, -0.05) is 48.7 Å². The van der Waals surface area contributed by atoms with Crippen molar-refractivity contribution in [1.29, 1.82) is 0 Å². The van der Waals surface area contributed by atoms with Gasteiger partial charge < -0.3 is 10.0 Å². The lowest BCUT2D eigenvalue weighted by Gasteiger charge is -2.53. The number of carbonyl (C=O) groups is 2. The summed E-state index contributed by atoms with van der Waals surface area (Å²) in [6.07, 6.45) is 7.80. The fourth-order valence-corrected chi connectivity index (χ4v) is 8.20. The van der Waals surface area contributed by atoms with Crippen LogP contribution in [0.4, 0.5) is 5.69 Å². The van der Waals surface area contributed by atoms with Gasteiger partial charge in [-0.3, -0.25) is 9.59 Å². The van der Waals surface area contributed by atoms with Gasteiger partial charge in [-0.05, 0) is 104 Å². The largest absolute Gasteiger partial charge is 0.377 e. The van der Waals surface area contributed by atoms with Gasteiger partial charge in [0.2, 0.25) is 0 Å². The van der Waals surface area contributed by atoms with Crippen molar-refractivity contribution in [2.24, 2.45) is 17.3 Å². The molecule has 0 aliphatic heterocycles. The number of carbonyl (C=O) groups excluding carboxylic acids is 2. The molecule has 4 aliphatic rings. The number of allylic oxidation sites excluding steroid dienone is 4. The summed E-state index contributed by atoms with van der Waals surface area (Å²) in [5.74, 6) is 7.40. The van der Waals surface area contributed by atoms with Gasteiger partial charge in [0.25, 0.3) is 5.91 Å². The molecule has 200 valence electrons. The quantitative estimate of drug-likeness (QED) is 0.464. The maximum Gasteiger partial charge on any atom is 0.258 e. The van der Waals surface area contributed by atoms with Crippen molar-refractivity contribution in [1.82, 2.24) is 0 Å². The van der Waals surface area contributed by atoms with E-state index in [0.717, 1.165) is 37.8 Å². The summed E-state index contributed by atoms with van der Waals surface area (Å²) in [6.45, 7) is 4.09. The number of amides is 1. The van der Waals surface area contributed by atoms with E-state index in [-0.39, 0.29) is 23.0 Å². The maximum atomic E-state index is 13.0. The van der Waals surface area contributed by atoms with Gasteiger partial charge in [0.05, 0.1) is 0 Å². The summed E-state index contributed by atoms with van der Waals surface area (Å²) in [6, 6.07) is 17.8. The minimum absolute atomic E-state index is 0.0375. The highest BCUT2D eigenvalue weighted by Crippen LogP contribution is 2.66. The van der Waals surface area contributed by atoms with E-state index in [1.165, 1.54) is 22.3 Å². The minimum atomic E-state index is -0.984. The lowest BCUT2D eigenvalue weighted by atomic mass is 9.51. The van der Waals surface area contributed by atoms with Gasteiger partial charge in [-0.25, -0.2) is 0 Å². The third kappa shape index (κ3) is 4.10. The van der Waals surface area contributed by atoms with Crippen LogP contribution in [0.1, 0.15) is 80.6 Å². The van der Waals surface area contributed by atoms with E-state index < -0.39 is 5.60 Å². The van der Waals surface area contributed by atoms with Crippen molar-refractivity contribution in [2.75, 3.05) is 11.9 Å². The second kappa shape index (κ2) is 9.65. The molecule has 0 saturated heterocycles. The van der Waals surface area contributed by atoms with Crippen molar-refractivity contribution in [3.63, 3.8) is 0 Å². The third-order valence-corrected chi connectivity index (χ3v) is 10.2. The Bertz CT molecular complexity index is 1440. The highest BCUT2D eigenvalue weighted by atomic mass is 16.3. The third-order valence-electron chi connectivity index (χ3n) is 10.2. The molecule has 1 amide bonds. The fourth-order valence-electron chi connectivity index (χ4n) is 8.20. The Morgan fingerprint density at radius 3 is 2.49 bits per heavy atom. The zero-order chi connectivity index (χ0) is 27.4. The van der Waals surface area contributed by atoms with Crippen LogP contribution >= 0.6 is 0 Å². The first-order chi connectivity index (χ1) is 18.8. The number of hydrogen-bond donors (Lipinski definition) is 1. The number of benzene rings is 2. The molecule has 4 heteroatoms. The normalized spacial score (nSPS) is 31.3. The van der Waals surface area contributed by atoms with E-state index >= 15 is 0 Å². The molecule has 0 aromatic heterocycles. The Kier molecular flexibility index (Phi) is 6.39. The van der Waals surface area contributed by atoms with E-state index in [2.05, 4.69) is 30.9 Å². The molecule has 2 fully saturated rings. The number of anilines is 1. The van der Waals surface area contributed by atoms with Crippen LogP contribution < -0.4 is 4.90 Å². The zero-order valence-electron chi connectivity index (χ0n) is 23.2. The first-order valence-electron chi connectivity index (χ1n) is 14.3. The maximum absolute atomic E-state index is 13.0. The fraction of sp³-hybridized carbons (Fsp3) is 0.429. The van der Waals surface area contributed by atoms with Crippen LogP contribution in [-0.4, -0.2) is 29.4 Å². The molecule has 4 nitrogen and oxygen atoms in total. The number of hydrogen-bond acceptors (Lipinski definition) is 3. The molecule has 2 aromatic carbocycles. The van der Waals surface area contributed by atoms with Gasteiger partial charge in [-0.15, -0.1) is 5.92 Å². The summed E-state index contributed by atoms with van der Waals surface area (Å²) in [5.41, 5.74) is 5.56. The highest BCUT2D eigenvalue weighted by molar-refractivity contribution is 6.05. The van der Waals surface area contributed by atoms with Crippen LogP contribution in [0.5, 0.6) is 0 Å². The second-order valence-corrected chi connectivity index (χ2v) is 12.1. The Balaban J connectivity index is 1.41. The molecule has 2 aromatic rings. The first kappa shape index (κ1) is 25.8. The van der Waals surface area contributed by atoms with Gasteiger partial charge in [0.1, 0.15) is 5.60 Å². The minimum Gasteiger partial charge on any atom is -0.377 e. The Morgan fingerprint density at radius 2 is 1.77 bits per heavy atom. The molecule has 39 heavy (non-hydrogen) atoms. The van der Waals surface area contributed by atoms with Gasteiger partial charge in [-0.2, -0.15) is 0 Å². The lowest BCUT2D eigenvalue weighted by Crippen LogP contribution is -2.51. The van der Waals surface area contributed by atoms with Gasteiger partial charge in [0.15, 0.2) is 5.78 Å². The average Bonchev–Trinajstić information content (AvgIpc) is 3.22. The van der Waals surface area contributed by atoms with Crippen molar-refractivity contribution in [2.45, 2.75) is 70.3 Å². The topological polar surface area (TPSA) is 57.6 Å². The van der Waals surface area contributed by atoms with E-state index in [1.54, 1.807) is 4.90 Å². The van der Waals surface area contributed by atoms with Crippen molar-refractivity contribution in [3.8, 4) is 11.8 Å². The number of rotatable bonds is 3. The second-order valence-electron chi connectivity index (χ2n) is 12.1. The Labute approximate surface area is 231 Å². The van der Waals surface area contributed by atoms with Crippen LogP contribution in [0.15, 0.2) is 77.4 Å². The number of ketones is 1. The molecule has 4 aliphatic carbocycles.